The first-order valence-corrected chi connectivity index (χ1v) is 31.9. The fourth-order valence-electron chi connectivity index (χ4n) is 5.45. The molecule has 0 saturated carbocycles. The third kappa shape index (κ3) is 32.6. The molecule has 1 N–H and O–H groups in total. The molecule has 28 heteroatoms. The van der Waals surface area contributed by atoms with Gasteiger partial charge in [0.15, 0.2) is 11.5 Å². The van der Waals surface area contributed by atoms with Crippen LogP contribution in [0.5, 0.6) is 0 Å². The quantitative estimate of drug-likeness (QED) is 0.133. The van der Waals surface area contributed by atoms with Crippen molar-refractivity contribution in [3.8, 4) is 0 Å². The second-order valence-electron chi connectivity index (χ2n) is 21.5. The normalized spacial score (nSPS) is 10.5. The van der Waals surface area contributed by atoms with Crippen LogP contribution in [-0.2, 0) is 0 Å². The van der Waals surface area contributed by atoms with Crippen molar-refractivity contribution in [2.45, 2.75) is 225 Å². The molecule has 0 bridgehead atoms. The second kappa shape index (κ2) is 42.4. The van der Waals surface area contributed by atoms with Gasteiger partial charge in [0.05, 0.1) is 29.5 Å². The summed E-state index contributed by atoms with van der Waals surface area (Å²) in [6.45, 7) is 49.3. The van der Waals surface area contributed by atoms with Crippen molar-refractivity contribution in [2.75, 3.05) is 0 Å². The molecule has 23 nitrogen and oxygen atoms in total. The van der Waals surface area contributed by atoms with E-state index in [1.807, 2.05) is 59.2 Å². The van der Waals surface area contributed by atoms with Crippen LogP contribution in [0.4, 0.5) is 0 Å². The number of hydrogen-bond donors (Lipinski definition) is 1. The van der Waals surface area contributed by atoms with Gasteiger partial charge >= 0.3 is 0 Å². The van der Waals surface area contributed by atoms with E-state index >= 15 is 0 Å². The minimum atomic E-state index is 0.339. The first-order valence-electron chi connectivity index (χ1n) is 27.8. The third-order valence-electron chi connectivity index (χ3n) is 10.3. The highest BCUT2D eigenvalue weighted by Crippen LogP contribution is 2.19. The van der Waals surface area contributed by atoms with Crippen LogP contribution in [0.1, 0.15) is 276 Å². The molecule has 0 atom stereocenters. The number of rotatable bonds is 10. The lowest BCUT2D eigenvalue weighted by Gasteiger charge is -1.95. The molecule has 0 amide bonds. The van der Waals surface area contributed by atoms with E-state index in [1.165, 1.54) is 57.5 Å². The zero-order valence-electron chi connectivity index (χ0n) is 53.6. The van der Waals surface area contributed by atoms with Crippen LogP contribution in [0.2, 0.25) is 0 Å². The van der Waals surface area contributed by atoms with Crippen molar-refractivity contribution < 1.29 is 18.1 Å². The van der Waals surface area contributed by atoms with Gasteiger partial charge in [0.1, 0.15) is 49.8 Å². The fourth-order valence-corrected chi connectivity index (χ4v) is 8.48. The Labute approximate surface area is 517 Å². The lowest BCUT2D eigenvalue weighted by molar-refractivity contribution is 0.300. The number of hydrogen-bond acceptors (Lipinski definition) is 27. The molecule has 10 aromatic heterocycles. The molecule has 84 heavy (non-hydrogen) atoms. The van der Waals surface area contributed by atoms with Crippen LogP contribution in [0.25, 0.3) is 0 Å². The molecule has 0 aliphatic rings. The largest absolute Gasteiger partial charge is 0.425 e. The van der Waals surface area contributed by atoms with Gasteiger partial charge in [-0.3, -0.25) is 0 Å². The number of aromatic amines is 1. The molecule has 0 aliphatic heterocycles. The molecular formula is C56H91N19O4S5. The summed E-state index contributed by atoms with van der Waals surface area (Å²) in [7, 11) is 0. The van der Waals surface area contributed by atoms with E-state index in [-0.39, 0.29) is 0 Å². The van der Waals surface area contributed by atoms with E-state index < -0.39 is 0 Å². The standard InChI is InChI=1S/3C6H10N2O.C6H10N2S.2C6H9NS.C5H9N3.C5H8N2O.2C5H8N2S/c1-4(2)6-8-7-5(3)9-6;1-4(2)6-5(3)7-8-9-6;1-4(2)6-5(3)7-9-8-6;1-4(2)6-7-5(3)8-9-6;2*1-5(2)6-3-4-8-7-6;1-4(2)5-3-6-8-7-5;1-4(2)5-3-6-7-8-5;1-4(2)5-7-6-3-8-5;1-4(2)5-6-3-7-8-5/h4*4H,1-3H3;2*3-5H,1-2H3;3-4H,1-2H3,(H,6,7,8);3*3-4H,1-2H3. The summed E-state index contributed by atoms with van der Waals surface area (Å²) < 4.78 is 35.5. The number of H-pyrrole nitrogens is 1. The molecule has 0 aliphatic carbocycles. The molecule has 10 heterocycles. The van der Waals surface area contributed by atoms with Gasteiger partial charge in [-0.05, 0) is 96.8 Å². The van der Waals surface area contributed by atoms with Crippen molar-refractivity contribution in [1.82, 2.24) is 94.3 Å². The van der Waals surface area contributed by atoms with Crippen molar-refractivity contribution in [2.24, 2.45) is 0 Å². The average Bonchev–Trinajstić information content (AvgIpc) is 4.32. The topological polar surface area (TPSA) is 300 Å². The van der Waals surface area contributed by atoms with E-state index in [2.05, 4.69) is 222 Å². The molecule has 0 saturated heterocycles. The van der Waals surface area contributed by atoms with Crippen LogP contribution < -0.4 is 0 Å². The minimum Gasteiger partial charge on any atom is -0.425 e. The number of nitrogens with zero attached hydrogens (tertiary/aromatic N) is 18. The van der Waals surface area contributed by atoms with Gasteiger partial charge in [-0.15, -0.1) is 41.9 Å². The van der Waals surface area contributed by atoms with E-state index in [9.17, 15) is 0 Å². The monoisotopic (exact) mass is 1250 g/mol. The Morgan fingerprint density at radius 3 is 1.32 bits per heavy atom. The van der Waals surface area contributed by atoms with Crippen molar-refractivity contribution >= 4 is 57.5 Å². The Balaban J connectivity index is 0.000000467. The molecule has 0 unspecified atom stereocenters. The van der Waals surface area contributed by atoms with Crippen LogP contribution in [-0.4, -0.2) is 94.3 Å². The van der Waals surface area contributed by atoms with E-state index in [0.29, 0.717) is 71.0 Å². The fraction of sp³-hybridized carbons (Fsp3) is 0.607. The summed E-state index contributed by atoms with van der Waals surface area (Å²) in [6, 6.07) is 4.13. The van der Waals surface area contributed by atoms with Crippen LogP contribution >= 0.6 is 57.5 Å². The van der Waals surface area contributed by atoms with Gasteiger partial charge in [-0.2, -0.15) is 32.9 Å². The average molecular weight is 1250 g/mol. The summed E-state index contributed by atoms with van der Waals surface area (Å²) >= 11 is 7.61. The highest BCUT2D eigenvalue weighted by atomic mass is 32.1. The number of aromatic nitrogens is 19. The van der Waals surface area contributed by atoms with Gasteiger partial charge in [-0.1, -0.05) is 149 Å². The maximum atomic E-state index is 5.12. The summed E-state index contributed by atoms with van der Waals surface area (Å²) in [5, 5.41) is 54.0. The summed E-state index contributed by atoms with van der Waals surface area (Å²) in [6.07, 6.45) is 4.97. The second-order valence-corrected chi connectivity index (χ2v) is 25.3. The van der Waals surface area contributed by atoms with Crippen LogP contribution in [0.15, 0.2) is 65.2 Å². The predicted octanol–water partition coefficient (Wildman–Crippen LogP) is 16.5. The van der Waals surface area contributed by atoms with Gasteiger partial charge in [0, 0.05) is 69.7 Å². The van der Waals surface area contributed by atoms with Gasteiger partial charge < -0.3 is 13.5 Å². The maximum absolute atomic E-state index is 5.12. The van der Waals surface area contributed by atoms with E-state index in [4.69, 9.17) is 13.5 Å². The lowest BCUT2D eigenvalue weighted by atomic mass is 10.1. The molecule has 0 fully saturated rings. The van der Waals surface area contributed by atoms with Gasteiger partial charge in [0.25, 0.3) is 0 Å². The molecule has 10 aromatic rings. The van der Waals surface area contributed by atoms with Gasteiger partial charge in [-0.25, -0.2) is 14.6 Å². The number of nitrogens with one attached hydrogen (secondary N) is 1. The molecule has 464 valence electrons. The van der Waals surface area contributed by atoms with Crippen LogP contribution in [0.3, 0.4) is 0 Å². The molecule has 10 rings (SSSR count). The summed E-state index contributed by atoms with van der Waals surface area (Å²) in [4.78, 5) is 8.24. The Hall–Kier alpha value is -6.36. The Kier molecular flexibility index (Phi) is 38.2. The van der Waals surface area contributed by atoms with Crippen molar-refractivity contribution in [1.29, 1.82) is 0 Å². The maximum Gasteiger partial charge on any atom is 0.219 e. The first-order chi connectivity index (χ1) is 39.7. The van der Waals surface area contributed by atoms with Crippen LogP contribution in [0, 0.1) is 27.7 Å². The van der Waals surface area contributed by atoms with E-state index in [0.717, 1.165) is 55.1 Å². The third-order valence-corrected chi connectivity index (χ3v) is 14.5. The summed E-state index contributed by atoms with van der Waals surface area (Å²) in [5.74, 6) is 8.74. The summed E-state index contributed by atoms with van der Waals surface area (Å²) in [5.41, 5.74) is 7.93. The highest BCUT2D eigenvalue weighted by molar-refractivity contribution is 7.09. The lowest BCUT2D eigenvalue weighted by Crippen LogP contribution is -1.89. The molecule has 0 spiro atoms. The smallest absolute Gasteiger partial charge is 0.219 e. The molecular weight excluding hydrogens is 1160 g/mol. The van der Waals surface area contributed by atoms with E-state index in [1.54, 1.807) is 42.5 Å². The SMILES string of the molecule is CC(C)c1ccsn1.CC(C)c1ccsn1.CC(C)c1cn[nH]n1.CC(C)c1cnno1.CC(C)c1ncns1.CC(C)c1nncs1.Cc1nnc(C(C)C)o1.Cc1nnoc1C(C)C.Cc1nonc1C(C)C.Cc1nsc(C(C)C)n1. The van der Waals surface area contributed by atoms with Crippen molar-refractivity contribution in [3.63, 3.8) is 0 Å². The molecule has 0 aromatic carbocycles. The predicted molar refractivity (Wildman–Crippen MR) is 337 cm³/mol. The van der Waals surface area contributed by atoms with Gasteiger partial charge in [0.2, 0.25) is 11.8 Å². The first kappa shape index (κ1) is 75.7. The number of aryl methyl sites for hydroxylation is 4. The Morgan fingerprint density at radius 1 is 0.500 bits per heavy atom. The van der Waals surface area contributed by atoms with Crippen molar-refractivity contribution in [3.05, 3.63) is 125 Å². The highest BCUT2D eigenvalue weighted by Gasteiger charge is 2.10. The Bertz CT molecular complexity index is 2610. The Morgan fingerprint density at radius 2 is 1.11 bits per heavy atom. The molecule has 0 radical (unpaired) electrons. The zero-order valence-corrected chi connectivity index (χ0v) is 57.7. The minimum absolute atomic E-state index is 0.339. The zero-order chi connectivity index (χ0) is 63.3.